The van der Waals surface area contributed by atoms with Crippen molar-refractivity contribution in [3.8, 4) is 0 Å². The van der Waals surface area contributed by atoms with Crippen molar-refractivity contribution in [1.29, 1.82) is 0 Å². The van der Waals surface area contributed by atoms with Gasteiger partial charge in [0.1, 0.15) is 0 Å². The molecule has 0 unspecified atom stereocenters. The van der Waals surface area contributed by atoms with Gasteiger partial charge in [-0.15, -0.1) is 0 Å². The predicted molar refractivity (Wildman–Crippen MR) is 96.8 cm³/mol. The van der Waals surface area contributed by atoms with Crippen LogP contribution < -0.4 is 5.46 Å². The summed E-state index contributed by atoms with van der Waals surface area (Å²) in [6, 6.07) is 14.9. The minimum Gasteiger partial charge on any atom is -0.399 e. The third kappa shape index (κ3) is 2.54. The molecule has 0 amide bonds. The van der Waals surface area contributed by atoms with E-state index >= 15 is 0 Å². The molecule has 0 N–H and O–H groups in total. The Bertz CT molecular complexity index is 757. The standard InChI is InChI=1S/C18H19BO2S2/c1-17(2)18(3,4)21-19(20-17)12-8-7-11-15-16(12)23-14-10-6-5-9-13(14)22-15/h5-11H,1-4H3. The molecule has 0 aliphatic carbocycles. The summed E-state index contributed by atoms with van der Waals surface area (Å²) in [6.45, 7) is 8.39. The van der Waals surface area contributed by atoms with Crippen LogP contribution in [0.25, 0.3) is 0 Å². The smallest absolute Gasteiger partial charge is 0.399 e. The van der Waals surface area contributed by atoms with Crippen molar-refractivity contribution in [2.75, 3.05) is 0 Å². The van der Waals surface area contributed by atoms with Crippen LogP contribution in [0.3, 0.4) is 0 Å². The van der Waals surface area contributed by atoms with E-state index in [2.05, 4.69) is 70.2 Å². The van der Waals surface area contributed by atoms with E-state index < -0.39 is 0 Å². The molecule has 0 atom stereocenters. The first-order valence-corrected chi connectivity index (χ1v) is 9.44. The summed E-state index contributed by atoms with van der Waals surface area (Å²) >= 11 is 3.64. The maximum absolute atomic E-state index is 6.26. The molecule has 0 radical (unpaired) electrons. The highest BCUT2D eigenvalue weighted by Gasteiger charge is 2.52. The van der Waals surface area contributed by atoms with E-state index in [1.165, 1.54) is 19.6 Å². The van der Waals surface area contributed by atoms with Crippen molar-refractivity contribution < 1.29 is 9.31 Å². The quantitative estimate of drug-likeness (QED) is 0.601. The Kier molecular flexibility index (Phi) is 3.61. The van der Waals surface area contributed by atoms with E-state index in [4.69, 9.17) is 9.31 Å². The Morgan fingerprint density at radius 2 is 1.30 bits per heavy atom. The fourth-order valence-corrected chi connectivity index (χ4v) is 5.12. The second-order valence-electron chi connectivity index (χ2n) is 6.91. The van der Waals surface area contributed by atoms with Gasteiger partial charge in [-0.1, -0.05) is 47.8 Å². The van der Waals surface area contributed by atoms with Crippen LogP contribution >= 0.6 is 23.5 Å². The molecule has 0 saturated carbocycles. The Balaban J connectivity index is 1.74. The van der Waals surface area contributed by atoms with Crippen LogP contribution in [0.1, 0.15) is 27.7 Å². The second kappa shape index (κ2) is 5.31. The molecular weight excluding hydrogens is 323 g/mol. The predicted octanol–water partition coefficient (Wildman–Crippen LogP) is 4.60. The van der Waals surface area contributed by atoms with Gasteiger partial charge in [-0.05, 0) is 51.4 Å². The van der Waals surface area contributed by atoms with Crippen LogP contribution in [0, 0.1) is 0 Å². The van der Waals surface area contributed by atoms with Crippen LogP contribution in [0.15, 0.2) is 62.0 Å². The van der Waals surface area contributed by atoms with E-state index in [1.807, 2.05) is 23.5 Å². The molecule has 0 bridgehead atoms. The highest BCUT2D eigenvalue weighted by atomic mass is 32.2. The number of fused-ring (bicyclic) bond motifs is 2. The average Bonchev–Trinajstić information content (AvgIpc) is 2.72. The van der Waals surface area contributed by atoms with Crippen molar-refractivity contribution in [1.82, 2.24) is 0 Å². The first-order valence-electron chi connectivity index (χ1n) is 7.81. The van der Waals surface area contributed by atoms with Crippen LogP contribution in [0.2, 0.25) is 0 Å². The number of hydrogen-bond acceptors (Lipinski definition) is 4. The van der Waals surface area contributed by atoms with Crippen LogP contribution in [0.4, 0.5) is 0 Å². The number of rotatable bonds is 1. The van der Waals surface area contributed by atoms with Gasteiger partial charge in [0.2, 0.25) is 0 Å². The molecule has 1 saturated heterocycles. The molecule has 1 fully saturated rings. The van der Waals surface area contributed by atoms with E-state index in [9.17, 15) is 0 Å². The second-order valence-corrected chi connectivity index (χ2v) is 9.05. The van der Waals surface area contributed by atoms with Crippen LogP contribution in [0.5, 0.6) is 0 Å². The zero-order valence-corrected chi connectivity index (χ0v) is 15.4. The monoisotopic (exact) mass is 342 g/mol. The highest BCUT2D eigenvalue weighted by molar-refractivity contribution is 8.05. The molecule has 5 heteroatoms. The van der Waals surface area contributed by atoms with E-state index in [0.717, 1.165) is 5.46 Å². The lowest BCUT2D eigenvalue weighted by Crippen LogP contribution is -2.41. The van der Waals surface area contributed by atoms with Gasteiger partial charge in [0.25, 0.3) is 0 Å². The summed E-state index contributed by atoms with van der Waals surface area (Å²) in [5.41, 5.74) is 0.503. The highest BCUT2D eigenvalue weighted by Crippen LogP contribution is 2.48. The SMILES string of the molecule is CC1(C)OB(c2cccc3c2Sc2ccccc2S3)OC1(C)C. The summed E-state index contributed by atoms with van der Waals surface area (Å²) in [7, 11) is -0.312. The molecule has 2 nitrogen and oxygen atoms in total. The van der Waals surface area contributed by atoms with Gasteiger partial charge < -0.3 is 9.31 Å². The summed E-state index contributed by atoms with van der Waals surface area (Å²) in [6.07, 6.45) is 0. The number of benzene rings is 2. The topological polar surface area (TPSA) is 18.5 Å². The molecule has 23 heavy (non-hydrogen) atoms. The van der Waals surface area contributed by atoms with E-state index in [-0.39, 0.29) is 18.3 Å². The first-order chi connectivity index (χ1) is 10.9. The van der Waals surface area contributed by atoms with E-state index in [0.29, 0.717) is 0 Å². The van der Waals surface area contributed by atoms with E-state index in [1.54, 1.807) is 0 Å². The molecule has 2 aromatic rings. The summed E-state index contributed by atoms with van der Waals surface area (Å²) in [5.74, 6) is 0. The summed E-state index contributed by atoms with van der Waals surface area (Å²) in [4.78, 5) is 5.15. The lowest BCUT2D eigenvalue weighted by Gasteiger charge is -2.32. The molecular formula is C18H19BO2S2. The largest absolute Gasteiger partial charge is 0.496 e. The normalized spacial score (nSPS) is 21.0. The zero-order chi connectivity index (χ0) is 16.2. The lowest BCUT2D eigenvalue weighted by atomic mass is 9.79. The minimum absolute atomic E-state index is 0.312. The molecule has 2 aliphatic heterocycles. The molecule has 118 valence electrons. The molecule has 2 heterocycles. The summed E-state index contributed by atoms with van der Waals surface area (Å²) in [5, 5.41) is 0. The summed E-state index contributed by atoms with van der Waals surface area (Å²) < 4.78 is 12.5. The van der Waals surface area contributed by atoms with Gasteiger partial charge in [-0.25, -0.2) is 0 Å². The van der Waals surface area contributed by atoms with Crippen molar-refractivity contribution in [2.24, 2.45) is 0 Å². The van der Waals surface area contributed by atoms with Gasteiger partial charge >= 0.3 is 7.12 Å². The minimum atomic E-state index is -0.315. The van der Waals surface area contributed by atoms with Gasteiger partial charge in [0, 0.05) is 19.6 Å². The fraction of sp³-hybridized carbons (Fsp3) is 0.333. The van der Waals surface area contributed by atoms with Crippen LogP contribution in [-0.2, 0) is 9.31 Å². The van der Waals surface area contributed by atoms with Gasteiger partial charge in [0.05, 0.1) is 11.2 Å². The molecule has 4 rings (SSSR count). The third-order valence-electron chi connectivity index (χ3n) is 4.80. The molecule has 2 aromatic carbocycles. The Hall–Kier alpha value is -0.875. The van der Waals surface area contributed by atoms with Gasteiger partial charge in [0.15, 0.2) is 0 Å². The van der Waals surface area contributed by atoms with Crippen molar-refractivity contribution in [3.05, 3.63) is 42.5 Å². The average molecular weight is 342 g/mol. The molecule has 2 aliphatic rings. The van der Waals surface area contributed by atoms with Crippen molar-refractivity contribution in [3.63, 3.8) is 0 Å². The Labute approximate surface area is 146 Å². The van der Waals surface area contributed by atoms with Crippen molar-refractivity contribution >= 4 is 36.1 Å². The maximum atomic E-state index is 6.26. The van der Waals surface area contributed by atoms with Gasteiger partial charge in [-0.3, -0.25) is 0 Å². The molecule has 0 aromatic heterocycles. The third-order valence-corrected chi connectivity index (χ3v) is 7.43. The first kappa shape index (κ1) is 15.6. The molecule has 0 spiro atoms. The maximum Gasteiger partial charge on any atom is 0.496 e. The Morgan fingerprint density at radius 3 is 1.96 bits per heavy atom. The van der Waals surface area contributed by atoms with Crippen LogP contribution in [-0.4, -0.2) is 18.3 Å². The van der Waals surface area contributed by atoms with Gasteiger partial charge in [-0.2, -0.15) is 0 Å². The zero-order valence-electron chi connectivity index (χ0n) is 13.8. The fourth-order valence-electron chi connectivity index (χ4n) is 2.73. The number of hydrogen-bond donors (Lipinski definition) is 0. The van der Waals surface area contributed by atoms with Crippen molar-refractivity contribution in [2.45, 2.75) is 58.5 Å². The lowest BCUT2D eigenvalue weighted by molar-refractivity contribution is 0.00578. The Morgan fingerprint density at radius 1 is 0.739 bits per heavy atom.